The van der Waals surface area contributed by atoms with Crippen molar-refractivity contribution in [3.63, 3.8) is 0 Å². The van der Waals surface area contributed by atoms with Crippen LogP contribution < -0.4 is 5.32 Å². The van der Waals surface area contributed by atoms with Crippen LogP contribution >= 0.6 is 39.3 Å². The minimum absolute atomic E-state index is 0.125. The molecule has 4 rings (SSSR count). The molecule has 2 aromatic heterocycles. The van der Waals surface area contributed by atoms with Gasteiger partial charge in [-0.05, 0) is 55.0 Å². The number of aryl methyl sites for hydroxylation is 1. The molecule has 0 unspecified atom stereocenters. The molecule has 0 bridgehead atoms. The number of rotatable bonds is 7. The molecule has 9 heteroatoms. The largest absolute Gasteiger partial charge is 0.453 e. The van der Waals surface area contributed by atoms with Crippen LogP contribution in [0.5, 0.6) is 0 Å². The highest BCUT2D eigenvalue weighted by Crippen LogP contribution is 2.31. The Bertz CT molecular complexity index is 1280. The minimum atomic E-state index is -0.125. The lowest BCUT2D eigenvalue weighted by Gasteiger charge is -2.08. The van der Waals surface area contributed by atoms with E-state index in [9.17, 15) is 4.79 Å². The Hall–Kier alpha value is -2.55. The molecule has 0 aliphatic carbocycles. The maximum Gasteiger partial charge on any atom is 0.234 e. The van der Waals surface area contributed by atoms with Crippen molar-refractivity contribution < 1.29 is 9.21 Å². The third-order valence-corrected chi connectivity index (χ3v) is 6.59. The van der Waals surface area contributed by atoms with Crippen LogP contribution in [0.2, 0.25) is 5.02 Å². The number of nitrogens with zero attached hydrogens (tertiary/aromatic N) is 3. The second-order valence-electron chi connectivity index (χ2n) is 6.80. The number of anilines is 1. The highest BCUT2D eigenvalue weighted by Gasteiger charge is 2.18. The number of aromatic nitrogens is 3. The number of fused-ring (bicyclic) bond motifs is 1. The summed E-state index contributed by atoms with van der Waals surface area (Å²) >= 11 is 10.8. The van der Waals surface area contributed by atoms with Gasteiger partial charge in [0.05, 0.1) is 5.75 Å². The molecule has 2 heterocycles. The van der Waals surface area contributed by atoms with Gasteiger partial charge in [0, 0.05) is 27.1 Å². The van der Waals surface area contributed by atoms with Crippen LogP contribution in [0.1, 0.15) is 5.56 Å². The number of hydrogen-bond donors (Lipinski definition) is 1. The zero-order valence-corrected chi connectivity index (χ0v) is 19.7. The number of furan rings is 1. The van der Waals surface area contributed by atoms with E-state index in [1.807, 2.05) is 47.9 Å². The first-order chi connectivity index (χ1) is 14.9. The van der Waals surface area contributed by atoms with E-state index in [1.54, 1.807) is 12.1 Å². The predicted molar refractivity (Wildman–Crippen MR) is 129 cm³/mol. The Kier molecular flexibility index (Phi) is 6.50. The summed E-state index contributed by atoms with van der Waals surface area (Å²) in [6.45, 7) is 6.27. The molecule has 2 aromatic carbocycles. The van der Waals surface area contributed by atoms with Gasteiger partial charge in [0.1, 0.15) is 5.58 Å². The monoisotopic (exact) mass is 516 g/mol. The standard InChI is InChI=1S/C22H18BrClN4O2S/c1-3-8-28-21(19-11-14-10-15(24)4-7-18(14)30-19)26-27-22(28)31-12-20(29)25-16-5-6-17(23)13(2)9-16/h3-7,9-11H,1,8,12H2,2H3,(H,25,29). The number of carbonyl (C=O) groups is 1. The molecule has 1 amide bonds. The molecular formula is C22H18BrClN4O2S. The van der Waals surface area contributed by atoms with E-state index in [0.29, 0.717) is 33.9 Å². The van der Waals surface area contributed by atoms with E-state index in [-0.39, 0.29) is 11.7 Å². The van der Waals surface area contributed by atoms with Crippen molar-refractivity contribution in [2.75, 3.05) is 11.1 Å². The zero-order valence-electron chi connectivity index (χ0n) is 16.6. The number of halogens is 2. The maximum absolute atomic E-state index is 12.4. The van der Waals surface area contributed by atoms with Crippen LogP contribution in [-0.4, -0.2) is 26.4 Å². The molecule has 0 fully saturated rings. The first-order valence-electron chi connectivity index (χ1n) is 9.37. The van der Waals surface area contributed by atoms with Crippen molar-refractivity contribution in [3.8, 4) is 11.6 Å². The lowest BCUT2D eigenvalue weighted by atomic mass is 10.2. The van der Waals surface area contributed by atoms with E-state index < -0.39 is 0 Å². The fraction of sp³-hybridized carbons (Fsp3) is 0.136. The molecular weight excluding hydrogens is 500 g/mol. The van der Waals surface area contributed by atoms with Gasteiger partial charge >= 0.3 is 0 Å². The molecule has 0 aliphatic rings. The molecule has 0 spiro atoms. The van der Waals surface area contributed by atoms with Crippen LogP contribution in [0.15, 0.2) is 69.2 Å². The van der Waals surface area contributed by atoms with Gasteiger partial charge in [-0.3, -0.25) is 9.36 Å². The topological polar surface area (TPSA) is 73.0 Å². The van der Waals surface area contributed by atoms with Gasteiger partial charge in [-0.25, -0.2) is 0 Å². The van der Waals surface area contributed by atoms with Crippen LogP contribution in [0, 0.1) is 6.92 Å². The first-order valence-corrected chi connectivity index (χ1v) is 11.5. The van der Waals surface area contributed by atoms with Crippen LogP contribution in [0.3, 0.4) is 0 Å². The predicted octanol–water partition coefficient (Wildman–Crippen LogP) is 6.33. The smallest absolute Gasteiger partial charge is 0.234 e. The Balaban J connectivity index is 1.52. The second-order valence-corrected chi connectivity index (χ2v) is 9.03. The second kappa shape index (κ2) is 9.30. The summed E-state index contributed by atoms with van der Waals surface area (Å²) in [6.07, 6.45) is 1.75. The maximum atomic E-state index is 12.4. The molecule has 4 aromatic rings. The number of nitrogens with one attached hydrogen (secondary N) is 1. The number of carbonyl (C=O) groups excluding carboxylic acids is 1. The Labute approximate surface area is 196 Å². The molecule has 31 heavy (non-hydrogen) atoms. The van der Waals surface area contributed by atoms with Crippen molar-refractivity contribution in [1.82, 2.24) is 14.8 Å². The highest BCUT2D eigenvalue weighted by molar-refractivity contribution is 9.10. The normalized spacial score (nSPS) is 11.1. The van der Waals surface area contributed by atoms with Crippen molar-refractivity contribution in [2.24, 2.45) is 0 Å². The fourth-order valence-electron chi connectivity index (χ4n) is 3.05. The highest BCUT2D eigenvalue weighted by atomic mass is 79.9. The van der Waals surface area contributed by atoms with Crippen molar-refractivity contribution in [1.29, 1.82) is 0 Å². The summed E-state index contributed by atoms with van der Waals surface area (Å²) in [5.74, 6) is 1.21. The molecule has 0 saturated carbocycles. The number of benzene rings is 2. The van der Waals surface area contributed by atoms with E-state index in [1.165, 1.54) is 11.8 Å². The van der Waals surface area contributed by atoms with Gasteiger partial charge in [-0.15, -0.1) is 16.8 Å². The average Bonchev–Trinajstić information content (AvgIpc) is 3.33. The third-order valence-electron chi connectivity index (χ3n) is 4.50. The average molecular weight is 518 g/mol. The van der Waals surface area contributed by atoms with Gasteiger partial charge in [-0.2, -0.15) is 0 Å². The SMILES string of the molecule is C=CCn1c(SCC(=O)Nc2ccc(Br)c(C)c2)nnc1-c1cc2cc(Cl)ccc2o1. The van der Waals surface area contributed by atoms with E-state index in [0.717, 1.165) is 21.1 Å². The number of hydrogen-bond acceptors (Lipinski definition) is 5. The molecule has 6 nitrogen and oxygen atoms in total. The van der Waals surface area contributed by atoms with Gasteiger partial charge in [0.2, 0.25) is 11.7 Å². The Morgan fingerprint density at radius 2 is 2.13 bits per heavy atom. The van der Waals surface area contributed by atoms with E-state index in [4.69, 9.17) is 16.0 Å². The minimum Gasteiger partial charge on any atom is -0.453 e. The molecule has 0 saturated heterocycles. The summed E-state index contributed by atoms with van der Waals surface area (Å²) in [7, 11) is 0. The van der Waals surface area contributed by atoms with Gasteiger partial charge in [0.25, 0.3) is 0 Å². The summed E-state index contributed by atoms with van der Waals surface area (Å²) in [5.41, 5.74) is 2.51. The lowest BCUT2D eigenvalue weighted by molar-refractivity contribution is -0.113. The van der Waals surface area contributed by atoms with Crippen LogP contribution in [-0.2, 0) is 11.3 Å². The van der Waals surface area contributed by atoms with Crippen molar-refractivity contribution >= 4 is 61.9 Å². The summed E-state index contributed by atoms with van der Waals surface area (Å²) in [4.78, 5) is 12.4. The molecule has 1 N–H and O–H groups in total. The van der Waals surface area contributed by atoms with Gasteiger partial charge in [0.15, 0.2) is 10.9 Å². The summed E-state index contributed by atoms with van der Waals surface area (Å²) in [6, 6.07) is 13.0. The van der Waals surface area contributed by atoms with Gasteiger partial charge in [-0.1, -0.05) is 45.4 Å². The lowest BCUT2D eigenvalue weighted by Crippen LogP contribution is -2.14. The third kappa shape index (κ3) is 4.87. The number of allylic oxidation sites excluding steroid dienone is 1. The first kappa shape index (κ1) is 21.7. The number of amides is 1. The van der Waals surface area contributed by atoms with Crippen LogP contribution in [0.25, 0.3) is 22.6 Å². The van der Waals surface area contributed by atoms with Crippen molar-refractivity contribution in [2.45, 2.75) is 18.6 Å². The number of thioether (sulfide) groups is 1. The molecule has 0 aliphatic heterocycles. The quantitative estimate of drug-likeness (QED) is 0.229. The Morgan fingerprint density at radius 1 is 1.29 bits per heavy atom. The van der Waals surface area contributed by atoms with E-state index >= 15 is 0 Å². The van der Waals surface area contributed by atoms with E-state index in [2.05, 4.69) is 38.0 Å². The molecule has 158 valence electrons. The molecule has 0 radical (unpaired) electrons. The van der Waals surface area contributed by atoms with Crippen LogP contribution in [0.4, 0.5) is 5.69 Å². The van der Waals surface area contributed by atoms with Gasteiger partial charge < -0.3 is 9.73 Å². The van der Waals surface area contributed by atoms with Crippen molar-refractivity contribution in [3.05, 3.63) is 70.2 Å². The zero-order chi connectivity index (χ0) is 22.0. The summed E-state index contributed by atoms with van der Waals surface area (Å²) < 4.78 is 8.79. The fourth-order valence-corrected chi connectivity index (χ4v) is 4.22. The summed E-state index contributed by atoms with van der Waals surface area (Å²) in [5, 5.41) is 13.6. The molecule has 0 atom stereocenters. The Morgan fingerprint density at radius 3 is 2.90 bits per heavy atom.